The van der Waals surface area contributed by atoms with Gasteiger partial charge in [0.15, 0.2) is 0 Å². The molecule has 1 aromatic carbocycles. The van der Waals surface area contributed by atoms with E-state index in [1.54, 1.807) is 12.4 Å². The van der Waals surface area contributed by atoms with Crippen LogP contribution in [0.3, 0.4) is 0 Å². The van der Waals surface area contributed by atoms with Crippen LogP contribution in [0.15, 0.2) is 36.7 Å². The van der Waals surface area contributed by atoms with Crippen molar-refractivity contribution in [1.82, 2.24) is 15.2 Å². The number of carboxylic acids is 1. The Labute approximate surface area is 96.1 Å². The average molecular weight is 227 g/mol. The highest BCUT2D eigenvalue weighted by atomic mass is 16.4. The van der Waals surface area contributed by atoms with Crippen molar-refractivity contribution < 1.29 is 9.90 Å². The molecule has 2 heterocycles. The third kappa shape index (κ3) is 1.40. The van der Waals surface area contributed by atoms with Crippen LogP contribution in [0.4, 0.5) is 0 Å². The van der Waals surface area contributed by atoms with Gasteiger partial charge in [0.1, 0.15) is 5.69 Å². The fourth-order valence-electron chi connectivity index (χ4n) is 1.99. The molecule has 0 radical (unpaired) electrons. The molecule has 0 bridgehead atoms. The highest BCUT2D eigenvalue weighted by molar-refractivity contribution is 6.07. The number of H-pyrrole nitrogens is 2. The van der Waals surface area contributed by atoms with E-state index in [9.17, 15) is 9.90 Å². The summed E-state index contributed by atoms with van der Waals surface area (Å²) >= 11 is 0. The van der Waals surface area contributed by atoms with Crippen LogP contribution in [0.5, 0.6) is 0 Å². The van der Waals surface area contributed by atoms with E-state index in [2.05, 4.69) is 15.2 Å². The van der Waals surface area contributed by atoms with Crippen LogP contribution < -0.4 is 0 Å². The smallest absolute Gasteiger partial charge is 0.352 e. The number of para-hydroxylation sites is 1. The molecular formula is C12H9N3O2. The van der Waals surface area contributed by atoms with E-state index in [0.717, 1.165) is 16.5 Å². The van der Waals surface area contributed by atoms with Crippen molar-refractivity contribution in [2.24, 2.45) is 0 Å². The number of benzene rings is 1. The van der Waals surface area contributed by atoms with Crippen LogP contribution >= 0.6 is 0 Å². The first-order chi connectivity index (χ1) is 8.27. The number of carboxylic acid groups (broad SMARTS) is 1. The Morgan fingerprint density at radius 2 is 2.12 bits per heavy atom. The van der Waals surface area contributed by atoms with Gasteiger partial charge in [-0.3, -0.25) is 5.10 Å². The van der Waals surface area contributed by atoms with Crippen molar-refractivity contribution in [1.29, 1.82) is 0 Å². The summed E-state index contributed by atoms with van der Waals surface area (Å²) in [6.45, 7) is 0. The second-order valence-corrected chi connectivity index (χ2v) is 3.71. The van der Waals surface area contributed by atoms with E-state index in [1.165, 1.54) is 0 Å². The topological polar surface area (TPSA) is 81.8 Å². The van der Waals surface area contributed by atoms with E-state index in [0.29, 0.717) is 5.56 Å². The molecule has 17 heavy (non-hydrogen) atoms. The van der Waals surface area contributed by atoms with Gasteiger partial charge >= 0.3 is 5.97 Å². The molecule has 84 valence electrons. The number of aromatic nitrogens is 3. The number of aromatic carboxylic acids is 1. The van der Waals surface area contributed by atoms with Crippen LogP contribution in [0.1, 0.15) is 10.5 Å². The quantitative estimate of drug-likeness (QED) is 0.628. The molecule has 2 aromatic heterocycles. The van der Waals surface area contributed by atoms with Crippen LogP contribution in [0.2, 0.25) is 0 Å². The third-order valence-electron chi connectivity index (χ3n) is 2.71. The zero-order valence-corrected chi connectivity index (χ0v) is 8.77. The molecule has 5 heteroatoms. The Balaban J connectivity index is 2.40. The van der Waals surface area contributed by atoms with Crippen LogP contribution in [0, 0.1) is 0 Å². The Morgan fingerprint density at radius 1 is 1.29 bits per heavy atom. The molecule has 0 saturated carbocycles. The summed E-state index contributed by atoms with van der Waals surface area (Å²) in [7, 11) is 0. The SMILES string of the molecule is O=C(O)c1[nH]c2ccccc2c1-c1cn[nH]c1. The minimum atomic E-state index is -0.975. The molecule has 0 atom stereocenters. The Kier molecular flexibility index (Phi) is 1.98. The molecule has 3 N–H and O–H groups in total. The molecule has 5 nitrogen and oxygen atoms in total. The monoisotopic (exact) mass is 227 g/mol. The van der Waals surface area contributed by atoms with Gasteiger partial charge in [-0.15, -0.1) is 0 Å². The molecule has 0 fully saturated rings. The lowest BCUT2D eigenvalue weighted by Crippen LogP contribution is -1.98. The maximum atomic E-state index is 11.2. The zero-order valence-electron chi connectivity index (χ0n) is 8.77. The second-order valence-electron chi connectivity index (χ2n) is 3.71. The van der Waals surface area contributed by atoms with Gasteiger partial charge < -0.3 is 10.1 Å². The van der Waals surface area contributed by atoms with Gasteiger partial charge in [-0.2, -0.15) is 5.10 Å². The average Bonchev–Trinajstić information content (AvgIpc) is 2.94. The maximum absolute atomic E-state index is 11.2. The first kappa shape index (κ1) is 9.65. The van der Waals surface area contributed by atoms with Crippen molar-refractivity contribution in [3.63, 3.8) is 0 Å². The fraction of sp³-hybridized carbons (Fsp3) is 0. The summed E-state index contributed by atoms with van der Waals surface area (Å²) in [4.78, 5) is 14.1. The van der Waals surface area contributed by atoms with E-state index in [1.807, 2.05) is 24.3 Å². The molecule has 3 rings (SSSR count). The van der Waals surface area contributed by atoms with E-state index in [4.69, 9.17) is 0 Å². The molecule has 3 aromatic rings. The summed E-state index contributed by atoms with van der Waals surface area (Å²) in [5, 5.41) is 16.6. The van der Waals surface area contributed by atoms with E-state index < -0.39 is 5.97 Å². The van der Waals surface area contributed by atoms with E-state index in [-0.39, 0.29) is 5.69 Å². The molecule has 0 unspecified atom stereocenters. The number of nitrogens with one attached hydrogen (secondary N) is 2. The molecular weight excluding hydrogens is 218 g/mol. The van der Waals surface area contributed by atoms with Crippen molar-refractivity contribution in [2.45, 2.75) is 0 Å². The predicted molar refractivity (Wildman–Crippen MR) is 62.8 cm³/mol. The van der Waals surface area contributed by atoms with Crippen LogP contribution in [-0.2, 0) is 0 Å². The number of hydrogen-bond donors (Lipinski definition) is 3. The maximum Gasteiger partial charge on any atom is 0.352 e. The Hall–Kier alpha value is -2.56. The molecule has 0 spiro atoms. The van der Waals surface area contributed by atoms with Gasteiger partial charge in [0.2, 0.25) is 0 Å². The van der Waals surface area contributed by atoms with Gasteiger partial charge in [0.05, 0.1) is 6.20 Å². The number of fused-ring (bicyclic) bond motifs is 1. The lowest BCUT2D eigenvalue weighted by atomic mass is 10.1. The standard InChI is InChI=1S/C12H9N3O2/c16-12(17)11-10(7-5-13-14-6-7)8-3-1-2-4-9(8)15-11/h1-6,15H,(H,13,14)(H,16,17). The number of aromatic amines is 2. The second kappa shape index (κ2) is 3.48. The van der Waals surface area contributed by atoms with Crippen molar-refractivity contribution in [3.8, 4) is 11.1 Å². The van der Waals surface area contributed by atoms with Gasteiger partial charge in [-0.1, -0.05) is 18.2 Å². The largest absolute Gasteiger partial charge is 0.477 e. The first-order valence-corrected chi connectivity index (χ1v) is 5.10. The van der Waals surface area contributed by atoms with Crippen molar-refractivity contribution in [2.75, 3.05) is 0 Å². The molecule has 0 aliphatic heterocycles. The minimum Gasteiger partial charge on any atom is -0.477 e. The molecule has 0 saturated heterocycles. The van der Waals surface area contributed by atoms with Gasteiger partial charge in [-0.25, -0.2) is 4.79 Å². The Bertz CT molecular complexity index is 683. The number of hydrogen-bond acceptors (Lipinski definition) is 2. The summed E-state index contributed by atoms with van der Waals surface area (Å²) in [6.07, 6.45) is 3.30. The lowest BCUT2D eigenvalue weighted by Gasteiger charge is -1.96. The summed E-state index contributed by atoms with van der Waals surface area (Å²) in [5.74, 6) is -0.975. The van der Waals surface area contributed by atoms with Crippen molar-refractivity contribution >= 4 is 16.9 Å². The zero-order chi connectivity index (χ0) is 11.8. The summed E-state index contributed by atoms with van der Waals surface area (Å²) in [5.41, 5.74) is 2.43. The number of nitrogens with zero attached hydrogens (tertiary/aromatic N) is 1. The van der Waals surface area contributed by atoms with Crippen molar-refractivity contribution in [3.05, 3.63) is 42.4 Å². The summed E-state index contributed by atoms with van der Waals surface area (Å²) in [6, 6.07) is 7.49. The normalized spacial score (nSPS) is 10.8. The van der Waals surface area contributed by atoms with Crippen LogP contribution in [0.25, 0.3) is 22.0 Å². The highest BCUT2D eigenvalue weighted by Gasteiger charge is 2.18. The molecule has 0 aliphatic carbocycles. The molecule has 0 aliphatic rings. The number of rotatable bonds is 2. The van der Waals surface area contributed by atoms with Crippen LogP contribution in [-0.4, -0.2) is 26.3 Å². The Morgan fingerprint density at radius 3 is 2.82 bits per heavy atom. The predicted octanol–water partition coefficient (Wildman–Crippen LogP) is 2.26. The lowest BCUT2D eigenvalue weighted by molar-refractivity contribution is 0.0692. The van der Waals surface area contributed by atoms with Gasteiger partial charge in [0.25, 0.3) is 0 Å². The summed E-state index contributed by atoms with van der Waals surface area (Å²) < 4.78 is 0. The van der Waals surface area contributed by atoms with Gasteiger partial charge in [0, 0.05) is 28.2 Å². The highest BCUT2D eigenvalue weighted by Crippen LogP contribution is 2.31. The third-order valence-corrected chi connectivity index (χ3v) is 2.71. The van der Waals surface area contributed by atoms with E-state index >= 15 is 0 Å². The van der Waals surface area contributed by atoms with Gasteiger partial charge in [-0.05, 0) is 6.07 Å². The first-order valence-electron chi connectivity index (χ1n) is 5.10. The number of carbonyl (C=O) groups is 1. The molecule has 0 amide bonds. The fourth-order valence-corrected chi connectivity index (χ4v) is 1.99. The minimum absolute atomic E-state index is 0.188.